The van der Waals surface area contributed by atoms with Crippen LogP contribution in [0.1, 0.15) is 42.6 Å². The lowest BCUT2D eigenvalue weighted by molar-refractivity contribution is -0.145. The number of carbonyl (C=O) groups excluding carboxylic acids is 3. The van der Waals surface area contributed by atoms with Crippen molar-refractivity contribution < 1.29 is 27.9 Å². The number of nitrogens with zero attached hydrogens (tertiary/aromatic N) is 1. The van der Waals surface area contributed by atoms with Crippen LogP contribution in [0.3, 0.4) is 0 Å². The molecule has 2 N–H and O–H groups in total. The third-order valence-corrected chi connectivity index (χ3v) is 6.71. The average Bonchev–Trinajstić information content (AvgIpc) is 3.35. The fraction of sp³-hybridized carbons (Fsp3) is 0.333. The van der Waals surface area contributed by atoms with Crippen molar-refractivity contribution in [2.75, 3.05) is 7.11 Å². The first-order chi connectivity index (χ1) is 17.5. The zero-order valence-corrected chi connectivity index (χ0v) is 21.8. The molecule has 2 aromatic carbocycles. The SMILES string of the molecule is COC(=O)[C@@H](C)C[C@H](NC(=O)c1ncc(-c2ccc(F)cc2)s1)C(=O)NC(C)(C)Cc1ccc(F)cc1. The van der Waals surface area contributed by atoms with Gasteiger partial charge >= 0.3 is 5.97 Å². The van der Waals surface area contributed by atoms with E-state index < -0.39 is 35.3 Å². The summed E-state index contributed by atoms with van der Waals surface area (Å²) in [4.78, 5) is 43.1. The Morgan fingerprint density at radius 2 is 1.62 bits per heavy atom. The number of hydrogen-bond donors (Lipinski definition) is 2. The number of esters is 1. The molecule has 3 rings (SSSR count). The summed E-state index contributed by atoms with van der Waals surface area (Å²) >= 11 is 1.10. The van der Waals surface area contributed by atoms with E-state index in [1.165, 1.54) is 37.6 Å². The highest BCUT2D eigenvalue weighted by atomic mass is 32.1. The summed E-state index contributed by atoms with van der Waals surface area (Å²) in [6.45, 7) is 5.23. The number of amides is 2. The standard InChI is InChI=1S/C27H29F2N3O4S/c1-16(26(35)36-4)13-21(23(33)32-27(2,3)14-17-5-9-19(28)10-6-17)31-24(34)25-30-15-22(37-25)18-7-11-20(29)12-8-18/h5-12,15-16,21H,13-14H2,1-4H3,(H,31,34)(H,32,33)/t16-,21-/m0/s1. The number of hydrogen-bond acceptors (Lipinski definition) is 6. The molecule has 0 aliphatic carbocycles. The molecule has 196 valence electrons. The molecule has 0 bridgehead atoms. The summed E-state index contributed by atoms with van der Waals surface area (Å²) in [5.74, 6) is -2.95. The van der Waals surface area contributed by atoms with Crippen molar-refractivity contribution in [1.82, 2.24) is 15.6 Å². The molecule has 1 aromatic heterocycles. The number of benzene rings is 2. The molecule has 3 aromatic rings. The number of nitrogens with one attached hydrogen (secondary N) is 2. The molecule has 0 aliphatic heterocycles. The Kier molecular flexibility index (Phi) is 9.09. The van der Waals surface area contributed by atoms with E-state index >= 15 is 0 Å². The molecule has 0 aliphatic rings. The van der Waals surface area contributed by atoms with E-state index in [9.17, 15) is 23.2 Å². The predicted octanol–water partition coefficient (Wildman–Crippen LogP) is 4.52. The van der Waals surface area contributed by atoms with E-state index in [1.54, 1.807) is 31.2 Å². The van der Waals surface area contributed by atoms with Gasteiger partial charge in [0.1, 0.15) is 17.7 Å². The van der Waals surface area contributed by atoms with E-state index in [2.05, 4.69) is 15.6 Å². The van der Waals surface area contributed by atoms with Crippen LogP contribution in [0, 0.1) is 17.6 Å². The van der Waals surface area contributed by atoms with Gasteiger partial charge in [-0.25, -0.2) is 13.8 Å². The highest BCUT2D eigenvalue weighted by Crippen LogP contribution is 2.26. The quantitative estimate of drug-likeness (QED) is 0.377. The molecule has 0 spiro atoms. The minimum Gasteiger partial charge on any atom is -0.469 e. The van der Waals surface area contributed by atoms with Crippen molar-refractivity contribution in [3.63, 3.8) is 0 Å². The topological polar surface area (TPSA) is 97.4 Å². The van der Waals surface area contributed by atoms with Crippen molar-refractivity contribution >= 4 is 29.1 Å². The van der Waals surface area contributed by atoms with Gasteiger partial charge in [0.15, 0.2) is 5.01 Å². The van der Waals surface area contributed by atoms with Crippen LogP contribution in [0.25, 0.3) is 10.4 Å². The summed E-state index contributed by atoms with van der Waals surface area (Å²) in [5, 5.41) is 5.73. The van der Waals surface area contributed by atoms with Gasteiger partial charge < -0.3 is 15.4 Å². The number of thiazole rings is 1. The summed E-state index contributed by atoms with van der Waals surface area (Å²) < 4.78 is 31.3. The van der Waals surface area contributed by atoms with Gasteiger partial charge in [-0.15, -0.1) is 11.3 Å². The van der Waals surface area contributed by atoms with E-state index in [4.69, 9.17) is 4.74 Å². The van der Waals surface area contributed by atoms with Gasteiger partial charge in [0.2, 0.25) is 5.91 Å². The minimum absolute atomic E-state index is 0.00701. The van der Waals surface area contributed by atoms with Crippen molar-refractivity contribution in [2.45, 2.75) is 45.2 Å². The van der Waals surface area contributed by atoms with Gasteiger partial charge in [0.05, 0.1) is 17.9 Å². The summed E-state index contributed by atoms with van der Waals surface area (Å²) in [7, 11) is 1.25. The highest BCUT2D eigenvalue weighted by molar-refractivity contribution is 7.17. The van der Waals surface area contributed by atoms with E-state index in [0.29, 0.717) is 16.9 Å². The first-order valence-corrected chi connectivity index (χ1v) is 12.5. The molecule has 2 atom stereocenters. The lowest BCUT2D eigenvalue weighted by Gasteiger charge is -2.30. The predicted molar refractivity (Wildman–Crippen MR) is 137 cm³/mol. The number of carbonyl (C=O) groups is 3. The van der Waals surface area contributed by atoms with Gasteiger partial charge in [0, 0.05) is 11.7 Å². The van der Waals surface area contributed by atoms with Crippen LogP contribution in [0.5, 0.6) is 0 Å². The smallest absolute Gasteiger partial charge is 0.308 e. The Labute approximate surface area is 218 Å². The number of halogens is 2. The van der Waals surface area contributed by atoms with Gasteiger partial charge in [0.25, 0.3) is 5.91 Å². The van der Waals surface area contributed by atoms with E-state index in [0.717, 1.165) is 16.9 Å². The number of rotatable bonds is 10. The summed E-state index contributed by atoms with van der Waals surface area (Å²) in [5.41, 5.74) is 0.795. The number of methoxy groups -OCH3 is 1. The van der Waals surface area contributed by atoms with Crippen LogP contribution in [0.4, 0.5) is 8.78 Å². The first-order valence-electron chi connectivity index (χ1n) is 11.6. The largest absolute Gasteiger partial charge is 0.469 e. The third kappa shape index (κ3) is 7.91. The van der Waals surface area contributed by atoms with Gasteiger partial charge in [-0.3, -0.25) is 14.4 Å². The Morgan fingerprint density at radius 3 is 2.22 bits per heavy atom. The second-order valence-electron chi connectivity index (χ2n) is 9.40. The first kappa shape index (κ1) is 27.9. The van der Waals surface area contributed by atoms with Crippen LogP contribution < -0.4 is 10.6 Å². The summed E-state index contributed by atoms with van der Waals surface area (Å²) in [6, 6.07) is 10.7. The Bertz CT molecular complexity index is 1240. The third-order valence-electron chi connectivity index (χ3n) is 5.66. The highest BCUT2D eigenvalue weighted by Gasteiger charge is 2.31. The molecule has 10 heteroatoms. The normalized spacial score (nSPS) is 12.9. The monoisotopic (exact) mass is 529 g/mol. The van der Waals surface area contributed by atoms with Crippen molar-refractivity contribution in [2.24, 2.45) is 5.92 Å². The van der Waals surface area contributed by atoms with E-state index in [1.807, 2.05) is 13.8 Å². The second kappa shape index (κ2) is 12.1. The zero-order chi connectivity index (χ0) is 27.2. The molecule has 0 saturated carbocycles. The zero-order valence-electron chi connectivity index (χ0n) is 21.0. The number of ether oxygens (including phenoxy) is 1. The van der Waals surface area contributed by atoms with E-state index in [-0.39, 0.29) is 23.1 Å². The molecule has 0 fully saturated rings. The molecule has 1 heterocycles. The van der Waals surface area contributed by atoms with Gasteiger partial charge in [-0.2, -0.15) is 0 Å². The summed E-state index contributed by atoms with van der Waals surface area (Å²) in [6.07, 6.45) is 1.93. The molecule has 0 unspecified atom stereocenters. The molecular formula is C27H29F2N3O4S. The molecule has 2 amide bonds. The lowest BCUT2D eigenvalue weighted by atomic mass is 9.93. The van der Waals surface area contributed by atoms with Crippen molar-refractivity contribution in [1.29, 1.82) is 0 Å². The minimum atomic E-state index is -1.05. The molecule has 0 saturated heterocycles. The van der Waals surface area contributed by atoms with Gasteiger partial charge in [-0.05, 0) is 62.1 Å². The Balaban J connectivity index is 1.75. The Morgan fingerprint density at radius 1 is 1.03 bits per heavy atom. The maximum absolute atomic E-state index is 13.3. The molecular weight excluding hydrogens is 500 g/mol. The maximum atomic E-state index is 13.3. The van der Waals surface area contributed by atoms with Crippen molar-refractivity contribution in [3.8, 4) is 10.4 Å². The molecule has 0 radical (unpaired) electrons. The lowest BCUT2D eigenvalue weighted by Crippen LogP contribution is -2.54. The van der Waals surface area contributed by atoms with Crippen LogP contribution >= 0.6 is 11.3 Å². The Hall–Kier alpha value is -3.66. The van der Waals surface area contributed by atoms with Crippen LogP contribution in [0.2, 0.25) is 0 Å². The van der Waals surface area contributed by atoms with Crippen LogP contribution in [-0.2, 0) is 20.7 Å². The fourth-order valence-corrected chi connectivity index (χ4v) is 4.63. The number of aromatic nitrogens is 1. The molecule has 37 heavy (non-hydrogen) atoms. The van der Waals surface area contributed by atoms with Crippen LogP contribution in [0.15, 0.2) is 54.7 Å². The molecule has 7 nitrogen and oxygen atoms in total. The van der Waals surface area contributed by atoms with Crippen LogP contribution in [-0.4, -0.2) is 41.5 Å². The second-order valence-corrected chi connectivity index (χ2v) is 10.4. The average molecular weight is 530 g/mol. The fourth-order valence-electron chi connectivity index (χ4n) is 3.81. The van der Waals surface area contributed by atoms with Crippen molar-refractivity contribution in [3.05, 3.63) is 76.9 Å². The maximum Gasteiger partial charge on any atom is 0.308 e. The van der Waals surface area contributed by atoms with Gasteiger partial charge in [-0.1, -0.05) is 31.2 Å².